The fourth-order valence-corrected chi connectivity index (χ4v) is 2.06. The van der Waals surface area contributed by atoms with E-state index in [1.165, 1.54) is 11.3 Å². The molecule has 0 aromatic carbocycles. The van der Waals surface area contributed by atoms with E-state index in [0.29, 0.717) is 16.7 Å². The largest absolute Gasteiger partial charge is 0.390 e. The minimum atomic E-state index is -4.11. The van der Waals surface area contributed by atoms with Crippen LogP contribution in [-0.2, 0) is 6.54 Å². The highest BCUT2D eigenvalue weighted by atomic mass is 32.1. The number of rotatable bonds is 6. The summed E-state index contributed by atoms with van der Waals surface area (Å²) in [6.45, 7) is 3.05. The van der Waals surface area contributed by atoms with Crippen LogP contribution in [0.4, 0.5) is 18.3 Å². The molecule has 1 aromatic heterocycles. The van der Waals surface area contributed by atoms with E-state index in [2.05, 4.69) is 15.5 Å². The summed E-state index contributed by atoms with van der Waals surface area (Å²) < 4.78 is 36.0. The van der Waals surface area contributed by atoms with Gasteiger partial charge in [0.15, 0.2) is 0 Å². The van der Waals surface area contributed by atoms with Crippen LogP contribution >= 0.6 is 11.3 Å². The molecule has 0 bridgehead atoms. The molecule has 0 saturated carbocycles. The molecule has 0 unspecified atom stereocenters. The third-order valence-corrected chi connectivity index (χ3v) is 2.84. The second-order valence-electron chi connectivity index (χ2n) is 3.63. The van der Waals surface area contributed by atoms with E-state index in [1.54, 1.807) is 11.9 Å². The lowest BCUT2D eigenvalue weighted by atomic mass is 10.4. The Morgan fingerprint density at radius 1 is 1.35 bits per heavy atom. The van der Waals surface area contributed by atoms with E-state index in [-0.39, 0.29) is 6.54 Å². The summed E-state index contributed by atoms with van der Waals surface area (Å²) in [6, 6.07) is 0. The molecule has 1 heterocycles. The van der Waals surface area contributed by atoms with Crippen LogP contribution in [-0.4, -0.2) is 41.4 Å². The fraction of sp³-hybridized carbons (Fsp3) is 0.778. The molecule has 0 fully saturated rings. The summed E-state index contributed by atoms with van der Waals surface area (Å²) in [6.07, 6.45) is -4.91. The van der Waals surface area contributed by atoms with Crippen molar-refractivity contribution >= 4 is 16.5 Å². The van der Waals surface area contributed by atoms with Crippen LogP contribution in [0.5, 0.6) is 0 Å². The first-order chi connectivity index (χ1) is 7.90. The minimum Gasteiger partial charge on any atom is -0.360 e. The normalized spacial score (nSPS) is 12.1. The van der Waals surface area contributed by atoms with Crippen molar-refractivity contribution in [2.24, 2.45) is 0 Å². The molecule has 0 aliphatic carbocycles. The van der Waals surface area contributed by atoms with Gasteiger partial charge < -0.3 is 5.32 Å². The Kier molecular flexibility index (Phi) is 5.13. The van der Waals surface area contributed by atoms with Crippen LogP contribution < -0.4 is 5.32 Å². The maximum atomic E-state index is 12.0. The van der Waals surface area contributed by atoms with Crippen molar-refractivity contribution in [1.82, 2.24) is 15.1 Å². The number of halogens is 3. The number of nitrogens with one attached hydrogen (secondary N) is 1. The Morgan fingerprint density at radius 2 is 2.06 bits per heavy atom. The van der Waals surface area contributed by atoms with E-state index in [1.807, 2.05) is 6.92 Å². The van der Waals surface area contributed by atoms with Gasteiger partial charge in [-0.3, -0.25) is 4.90 Å². The second-order valence-corrected chi connectivity index (χ2v) is 4.70. The molecule has 0 saturated heterocycles. The summed E-state index contributed by atoms with van der Waals surface area (Å²) in [7, 11) is 1.64. The van der Waals surface area contributed by atoms with Gasteiger partial charge >= 0.3 is 6.18 Å². The number of hydrogen-bond acceptors (Lipinski definition) is 5. The number of anilines is 1. The second kappa shape index (κ2) is 6.15. The van der Waals surface area contributed by atoms with Gasteiger partial charge in [-0.1, -0.05) is 11.3 Å². The average Bonchev–Trinajstić information content (AvgIpc) is 2.62. The van der Waals surface area contributed by atoms with Gasteiger partial charge in [-0.05, 0) is 14.0 Å². The smallest absolute Gasteiger partial charge is 0.360 e. The van der Waals surface area contributed by atoms with Gasteiger partial charge in [0.2, 0.25) is 5.13 Å². The van der Waals surface area contributed by atoms with E-state index >= 15 is 0 Å². The molecular formula is C9H15F3N4S. The van der Waals surface area contributed by atoms with Gasteiger partial charge in [-0.2, -0.15) is 13.2 Å². The number of aromatic nitrogens is 2. The van der Waals surface area contributed by atoms with E-state index < -0.39 is 12.6 Å². The molecule has 0 aliphatic heterocycles. The number of nitrogens with zero attached hydrogens (tertiary/aromatic N) is 3. The van der Waals surface area contributed by atoms with Crippen molar-refractivity contribution in [3.8, 4) is 0 Å². The highest BCUT2D eigenvalue weighted by Crippen LogP contribution is 2.21. The van der Waals surface area contributed by atoms with Crippen LogP contribution in [0.25, 0.3) is 0 Å². The van der Waals surface area contributed by atoms with Gasteiger partial charge in [0.05, 0.1) is 13.0 Å². The highest BCUT2D eigenvalue weighted by molar-refractivity contribution is 7.15. The van der Waals surface area contributed by atoms with Crippen molar-refractivity contribution in [3.05, 3.63) is 5.01 Å². The third-order valence-electron chi connectivity index (χ3n) is 1.98. The standard InChI is InChI=1S/C9H15F3N4S/c1-3-13-8-15-14-7(17-8)6-16(2)5-4-9(10,11)12/h3-6H2,1-2H3,(H,13,15). The molecule has 1 rings (SSSR count). The number of alkyl halides is 3. The molecule has 17 heavy (non-hydrogen) atoms. The van der Waals surface area contributed by atoms with Crippen molar-refractivity contribution in [2.75, 3.05) is 25.5 Å². The predicted molar refractivity (Wildman–Crippen MR) is 61.1 cm³/mol. The lowest BCUT2D eigenvalue weighted by Crippen LogP contribution is -2.24. The zero-order valence-corrected chi connectivity index (χ0v) is 10.5. The quantitative estimate of drug-likeness (QED) is 0.860. The Balaban J connectivity index is 2.36. The molecule has 1 aromatic rings. The molecule has 8 heteroatoms. The lowest BCUT2D eigenvalue weighted by molar-refractivity contribution is -0.137. The summed E-state index contributed by atoms with van der Waals surface area (Å²) in [5, 5.41) is 12.2. The minimum absolute atomic E-state index is 0.0282. The summed E-state index contributed by atoms with van der Waals surface area (Å²) >= 11 is 1.36. The molecular weight excluding hydrogens is 253 g/mol. The first-order valence-corrected chi connectivity index (χ1v) is 6.04. The molecule has 4 nitrogen and oxygen atoms in total. The van der Waals surface area contributed by atoms with Gasteiger partial charge in [0.25, 0.3) is 0 Å². The summed E-state index contributed by atoms with van der Waals surface area (Å²) in [5.41, 5.74) is 0. The van der Waals surface area contributed by atoms with Gasteiger partial charge in [-0.15, -0.1) is 10.2 Å². The molecule has 0 spiro atoms. The number of hydrogen-bond donors (Lipinski definition) is 1. The Hall–Kier alpha value is -0.890. The van der Waals surface area contributed by atoms with E-state index in [9.17, 15) is 13.2 Å². The van der Waals surface area contributed by atoms with Crippen molar-refractivity contribution in [1.29, 1.82) is 0 Å². The Bertz CT molecular complexity index is 339. The molecule has 0 amide bonds. The fourth-order valence-electron chi connectivity index (χ4n) is 1.17. The molecule has 98 valence electrons. The van der Waals surface area contributed by atoms with E-state index in [0.717, 1.165) is 6.54 Å². The zero-order chi connectivity index (χ0) is 12.9. The maximum Gasteiger partial charge on any atom is 0.390 e. The van der Waals surface area contributed by atoms with Gasteiger partial charge in [0, 0.05) is 13.1 Å². The van der Waals surface area contributed by atoms with Crippen molar-refractivity contribution < 1.29 is 13.2 Å². The summed E-state index contributed by atoms with van der Waals surface area (Å²) in [4.78, 5) is 1.59. The van der Waals surface area contributed by atoms with E-state index in [4.69, 9.17) is 0 Å². The van der Waals surface area contributed by atoms with Crippen LogP contribution in [0.1, 0.15) is 18.4 Å². The molecule has 0 atom stereocenters. The van der Waals surface area contributed by atoms with Crippen LogP contribution in [0.3, 0.4) is 0 Å². The SMILES string of the molecule is CCNc1nnc(CN(C)CCC(F)(F)F)s1. The van der Waals surface area contributed by atoms with Crippen LogP contribution in [0, 0.1) is 0 Å². The topological polar surface area (TPSA) is 41.1 Å². The molecule has 0 aliphatic rings. The Morgan fingerprint density at radius 3 is 2.65 bits per heavy atom. The monoisotopic (exact) mass is 268 g/mol. The first kappa shape index (κ1) is 14.2. The van der Waals surface area contributed by atoms with Crippen LogP contribution in [0.15, 0.2) is 0 Å². The Labute approximate surface area is 102 Å². The first-order valence-electron chi connectivity index (χ1n) is 5.22. The third kappa shape index (κ3) is 5.83. The molecule has 0 radical (unpaired) electrons. The van der Waals surface area contributed by atoms with Gasteiger partial charge in [0.1, 0.15) is 5.01 Å². The lowest BCUT2D eigenvalue weighted by Gasteiger charge is -2.15. The van der Waals surface area contributed by atoms with Crippen molar-refractivity contribution in [3.63, 3.8) is 0 Å². The maximum absolute atomic E-state index is 12.0. The van der Waals surface area contributed by atoms with Crippen LogP contribution in [0.2, 0.25) is 0 Å². The summed E-state index contributed by atoms with van der Waals surface area (Å²) in [5.74, 6) is 0. The molecule has 1 N–H and O–H groups in total. The van der Waals surface area contributed by atoms with Gasteiger partial charge in [-0.25, -0.2) is 0 Å². The zero-order valence-electron chi connectivity index (χ0n) is 9.71. The predicted octanol–water partition coefficient (Wildman–Crippen LogP) is 2.35. The van der Waals surface area contributed by atoms with Crippen molar-refractivity contribution in [2.45, 2.75) is 26.1 Å². The highest BCUT2D eigenvalue weighted by Gasteiger charge is 2.27. The average molecular weight is 268 g/mol.